The lowest BCUT2D eigenvalue weighted by Gasteiger charge is -2.29. The topological polar surface area (TPSA) is 50.4 Å². The van der Waals surface area contributed by atoms with E-state index in [4.69, 9.17) is 4.74 Å². The first-order chi connectivity index (χ1) is 6.41. The van der Waals surface area contributed by atoms with Crippen LogP contribution in [-0.2, 0) is 9.53 Å². The Labute approximate surface area is 84.4 Å². The predicted molar refractivity (Wildman–Crippen MR) is 53.0 cm³/mol. The maximum atomic E-state index is 11.9. The van der Waals surface area contributed by atoms with Gasteiger partial charge < -0.3 is 10.1 Å². The molecule has 0 aromatic carbocycles. The number of carbonyl (C=O) groups excluding carboxylic acids is 1. The summed E-state index contributed by atoms with van der Waals surface area (Å²) in [6.07, 6.45) is 0.863. The highest BCUT2D eigenvalue weighted by Gasteiger charge is 2.52. The Morgan fingerprint density at radius 2 is 2.21 bits per heavy atom. The summed E-state index contributed by atoms with van der Waals surface area (Å²) < 4.78 is 5.40. The maximum Gasteiger partial charge on any atom is 0.328 e. The van der Waals surface area contributed by atoms with E-state index in [0.29, 0.717) is 12.6 Å². The molecule has 0 radical (unpaired) electrons. The molecule has 0 aromatic heterocycles. The van der Waals surface area contributed by atoms with Crippen molar-refractivity contribution in [2.45, 2.75) is 44.4 Å². The minimum Gasteiger partial charge on any atom is -0.459 e. The first-order valence-corrected chi connectivity index (χ1v) is 5.13. The molecular weight excluding hydrogens is 180 g/mol. The average Bonchev–Trinajstić information content (AvgIpc) is 2.60. The lowest BCUT2D eigenvalue weighted by atomic mass is 10.0. The third kappa shape index (κ3) is 1.64. The molecule has 4 heteroatoms. The molecule has 2 aliphatic rings. The van der Waals surface area contributed by atoms with Gasteiger partial charge in [-0.1, -0.05) is 0 Å². The Bertz CT molecular complexity index is 249. The third-order valence-electron chi connectivity index (χ3n) is 2.76. The summed E-state index contributed by atoms with van der Waals surface area (Å²) >= 11 is 0. The second-order valence-corrected chi connectivity index (χ2v) is 5.25. The molecule has 2 N–H and O–H groups in total. The molecular formula is C10H18N2O2. The number of hydrogen-bond acceptors (Lipinski definition) is 4. The van der Waals surface area contributed by atoms with Gasteiger partial charge in [0.2, 0.25) is 0 Å². The van der Waals surface area contributed by atoms with Crippen molar-refractivity contribution in [3.05, 3.63) is 0 Å². The highest BCUT2D eigenvalue weighted by molar-refractivity contribution is 5.83. The molecule has 0 saturated carbocycles. The lowest BCUT2D eigenvalue weighted by molar-refractivity contribution is -0.161. The maximum absolute atomic E-state index is 11.9. The van der Waals surface area contributed by atoms with Gasteiger partial charge in [-0.05, 0) is 27.2 Å². The zero-order valence-electron chi connectivity index (χ0n) is 9.02. The van der Waals surface area contributed by atoms with Crippen LogP contribution in [0.15, 0.2) is 0 Å². The van der Waals surface area contributed by atoms with Crippen LogP contribution < -0.4 is 10.6 Å². The fraction of sp³-hybridized carbons (Fsp3) is 0.900. The monoisotopic (exact) mass is 198 g/mol. The molecule has 4 nitrogen and oxygen atoms in total. The average molecular weight is 198 g/mol. The fourth-order valence-electron chi connectivity index (χ4n) is 2.08. The summed E-state index contributed by atoms with van der Waals surface area (Å²) in [5.41, 5.74) is -0.841. The van der Waals surface area contributed by atoms with Crippen molar-refractivity contribution in [2.75, 3.05) is 13.1 Å². The summed E-state index contributed by atoms with van der Waals surface area (Å²) in [4.78, 5) is 11.9. The molecule has 0 spiro atoms. The number of carbonyl (C=O) groups is 1. The van der Waals surface area contributed by atoms with E-state index in [9.17, 15) is 4.79 Å². The molecule has 80 valence electrons. The van der Waals surface area contributed by atoms with Gasteiger partial charge in [-0.2, -0.15) is 0 Å². The molecule has 2 atom stereocenters. The molecule has 2 bridgehead atoms. The fourth-order valence-corrected chi connectivity index (χ4v) is 2.08. The van der Waals surface area contributed by atoms with Crippen LogP contribution in [0.5, 0.6) is 0 Å². The number of esters is 1. The van der Waals surface area contributed by atoms with Crippen molar-refractivity contribution >= 4 is 5.97 Å². The zero-order chi connectivity index (χ0) is 10.4. The van der Waals surface area contributed by atoms with E-state index in [1.54, 1.807) is 0 Å². The van der Waals surface area contributed by atoms with E-state index in [2.05, 4.69) is 10.6 Å². The lowest BCUT2D eigenvalue weighted by Crippen LogP contribution is -2.56. The molecule has 2 fully saturated rings. The Morgan fingerprint density at radius 1 is 1.50 bits per heavy atom. The highest BCUT2D eigenvalue weighted by Crippen LogP contribution is 2.28. The van der Waals surface area contributed by atoms with Crippen LogP contribution in [0.4, 0.5) is 0 Å². The summed E-state index contributed by atoms with van der Waals surface area (Å²) in [5, 5.41) is 6.56. The zero-order valence-corrected chi connectivity index (χ0v) is 9.02. The van der Waals surface area contributed by atoms with Crippen LogP contribution in [0, 0.1) is 0 Å². The van der Waals surface area contributed by atoms with Crippen molar-refractivity contribution in [1.82, 2.24) is 10.6 Å². The largest absolute Gasteiger partial charge is 0.459 e. The minimum atomic E-state index is -0.446. The van der Waals surface area contributed by atoms with Crippen LogP contribution >= 0.6 is 0 Å². The third-order valence-corrected chi connectivity index (χ3v) is 2.76. The number of hydrogen-bond donors (Lipinski definition) is 2. The molecule has 1 unspecified atom stereocenters. The Balaban J connectivity index is 2.04. The number of fused-ring (bicyclic) bond motifs is 2. The number of ether oxygens (including phenoxy) is 1. The van der Waals surface area contributed by atoms with Crippen LogP contribution in [0.2, 0.25) is 0 Å². The van der Waals surface area contributed by atoms with Crippen molar-refractivity contribution < 1.29 is 9.53 Å². The summed E-state index contributed by atoms with van der Waals surface area (Å²) in [7, 11) is 0. The van der Waals surface area contributed by atoms with Crippen molar-refractivity contribution in [3.63, 3.8) is 0 Å². The van der Waals surface area contributed by atoms with E-state index in [1.807, 2.05) is 20.8 Å². The van der Waals surface area contributed by atoms with Gasteiger partial charge in [-0.15, -0.1) is 0 Å². The number of nitrogens with one attached hydrogen (secondary N) is 2. The van der Waals surface area contributed by atoms with Gasteiger partial charge in [0.25, 0.3) is 0 Å². The van der Waals surface area contributed by atoms with Gasteiger partial charge in [0.05, 0.1) is 0 Å². The van der Waals surface area contributed by atoms with Crippen LogP contribution in [0.1, 0.15) is 27.2 Å². The van der Waals surface area contributed by atoms with Gasteiger partial charge in [0.15, 0.2) is 0 Å². The van der Waals surface area contributed by atoms with Gasteiger partial charge in [-0.25, -0.2) is 4.79 Å². The van der Waals surface area contributed by atoms with Gasteiger partial charge >= 0.3 is 5.97 Å². The Morgan fingerprint density at radius 3 is 2.57 bits per heavy atom. The van der Waals surface area contributed by atoms with E-state index < -0.39 is 11.1 Å². The number of piperazine rings is 1. The molecule has 14 heavy (non-hydrogen) atoms. The quantitative estimate of drug-likeness (QED) is 0.584. The molecule has 2 saturated heterocycles. The van der Waals surface area contributed by atoms with Crippen molar-refractivity contribution in [3.8, 4) is 0 Å². The van der Waals surface area contributed by atoms with Crippen molar-refractivity contribution in [2.24, 2.45) is 0 Å². The second kappa shape index (κ2) is 2.94. The molecule has 0 aromatic rings. The van der Waals surface area contributed by atoms with E-state index >= 15 is 0 Å². The Hall–Kier alpha value is -0.610. The van der Waals surface area contributed by atoms with Crippen LogP contribution in [-0.4, -0.2) is 36.2 Å². The van der Waals surface area contributed by atoms with Crippen molar-refractivity contribution in [1.29, 1.82) is 0 Å². The molecule has 0 aliphatic carbocycles. The summed E-state index contributed by atoms with van der Waals surface area (Å²) in [6, 6.07) is 0.447. The Kier molecular flexibility index (Phi) is 2.08. The minimum absolute atomic E-state index is 0.113. The molecule has 2 aliphatic heterocycles. The van der Waals surface area contributed by atoms with Gasteiger partial charge in [0.1, 0.15) is 11.1 Å². The van der Waals surface area contributed by atoms with Crippen LogP contribution in [0.25, 0.3) is 0 Å². The van der Waals surface area contributed by atoms with E-state index in [1.165, 1.54) is 0 Å². The summed E-state index contributed by atoms with van der Waals surface area (Å²) in [5.74, 6) is -0.113. The molecule has 2 heterocycles. The first kappa shape index (κ1) is 9.93. The van der Waals surface area contributed by atoms with Gasteiger partial charge in [-0.3, -0.25) is 5.32 Å². The van der Waals surface area contributed by atoms with Gasteiger partial charge in [0, 0.05) is 19.1 Å². The first-order valence-electron chi connectivity index (χ1n) is 5.13. The second-order valence-electron chi connectivity index (χ2n) is 5.25. The molecule has 2 rings (SSSR count). The van der Waals surface area contributed by atoms with E-state index in [-0.39, 0.29) is 5.97 Å². The normalized spacial score (nSPS) is 36.1. The van der Waals surface area contributed by atoms with Crippen LogP contribution in [0.3, 0.4) is 0 Å². The predicted octanol–water partition coefficient (Wildman–Crippen LogP) is 0.0320. The standard InChI is InChI=1S/C10H18N2O2/c1-9(2,3)14-8(13)10-4-7(5-12-10)11-6-10/h7,11-12H,4-6H2,1-3H3/t7?,10-/m1/s1. The SMILES string of the molecule is CC(C)(C)OC(=O)[C@@]12CNC(CN1)C2. The molecule has 0 amide bonds. The summed E-state index contributed by atoms with van der Waals surface area (Å²) in [6.45, 7) is 7.27. The number of rotatable bonds is 1. The van der Waals surface area contributed by atoms with E-state index in [0.717, 1.165) is 13.0 Å². The smallest absolute Gasteiger partial charge is 0.328 e. The highest BCUT2D eigenvalue weighted by atomic mass is 16.6.